The maximum atomic E-state index is 6.48. The van der Waals surface area contributed by atoms with Crippen LogP contribution in [-0.4, -0.2) is 27.6 Å². The summed E-state index contributed by atoms with van der Waals surface area (Å²) in [7, 11) is -1.27. The molecule has 299 valence electrons. The second-order valence-corrected chi connectivity index (χ2v) is 21.9. The van der Waals surface area contributed by atoms with Gasteiger partial charge in [-0.1, -0.05) is 118 Å². The largest absolute Gasteiger partial charge is 0.501 e. The van der Waals surface area contributed by atoms with Gasteiger partial charge in [0.25, 0.3) is 0 Å². The van der Waals surface area contributed by atoms with Crippen LogP contribution in [0.4, 0.5) is 0 Å². The summed E-state index contributed by atoms with van der Waals surface area (Å²) in [6, 6.07) is 46.6. The zero-order valence-electron chi connectivity index (χ0n) is 35.3. The monoisotopic (exact) mass is 967 g/mol. The number of furan rings is 1. The molecule has 9 aromatic rings. The van der Waals surface area contributed by atoms with Crippen molar-refractivity contribution in [3.63, 3.8) is 0 Å². The third-order valence-electron chi connectivity index (χ3n) is 10.8. The number of hydrogen-bond donors (Lipinski definition) is 0. The molecule has 0 N–H and O–H groups in total. The molecule has 59 heavy (non-hydrogen) atoms. The Balaban J connectivity index is 0.000000247. The Morgan fingerprint density at radius 3 is 2.03 bits per heavy atom. The Hall–Kier alpha value is -5.46. The van der Waals surface area contributed by atoms with Crippen molar-refractivity contribution >= 4 is 46.4 Å². The Kier molecular flexibility index (Phi) is 12.0. The van der Waals surface area contributed by atoms with E-state index in [2.05, 4.69) is 162 Å². The number of hydrogen-bond acceptors (Lipinski definition) is 4. The van der Waals surface area contributed by atoms with E-state index in [-0.39, 0.29) is 31.9 Å². The van der Waals surface area contributed by atoms with Gasteiger partial charge in [-0.2, -0.15) is 0 Å². The normalized spacial score (nSPS) is 11.6. The van der Waals surface area contributed by atoms with Crippen molar-refractivity contribution in [3.8, 4) is 39.5 Å². The standard InChI is InChI=1S/C37H32N3O.C15H18NSi.Ir/c1-22(2)30-19-26(25-12-7-6-8-13-25)20-31(23(3)4)34(30)40-36(39-32-18-24(5)21-38-37(32)40)29-16-11-15-28-27-14-9-10-17-33(27)41-35(28)29;1-12-10-14(13-8-6-5-7-9-13)16-11-15(12)17(2,3)4;/h6-15,17-23H,1-5H3;5-8,10-11H,1-4H3;/q2*-1;. The van der Waals surface area contributed by atoms with Crippen molar-refractivity contribution in [1.29, 1.82) is 0 Å². The first-order chi connectivity index (χ1) is 27.9. The van der Waals surface area contributed by atoms with Gasteiger partial charge in [0.15, 0.2) is 5.65 Å². The second-order valence-electron chi connectivity index (χ2n) is 16.9. The molecule has 1 radical (unpaired) electrons. The molecule has 0 spiro atoms. The zero-order valence-corrected chi connectivity index (χ0v) is 38.7. The number of aryl methyl sites for hydroxylation is 2. The third-order valence-corrected chi connectivity index (χ3v) is 13.0. The van der Waals surface area contributed by atoms with Crippen molar-refractivity contribution in [3.05, 3.63) is 162 Å². The number of imidazole rings is 1. The summed E-state index contributed by atoms with van der Waals surface area (Å²) in [6.45, 7) is 20.4. The fraction of sp³-hybridized carbons (Fsp3) is 0.212. The number of aromatic nitrogens is 4. The number of para-hydroxylation sites is 1. The molecule has 0 unspecified atom stereocenters. The number of fused-ring (bicyclic) bond motifs is 4. The molecule has 5 nitrogen and oxygen atoms in total. The van der Waals surface area contributed by atoms with Gasteiger partial charge in [0.1, 0.15) is 5.58 Å². The van der Waals surface area contributed by atoms with Crippen LogP contribution < -0.4 is 5.19 Å². The van der Waals surface area contributed by atoms with Crippen LogP contribution >= 0.6 is 0 Å². The summed E-state index contributed by atoms with van der Waals surface area (Å²) < 4.78 is 8.73. The van der Waals surface area contributed by atoms with Gasteiger partial charge in [-0.3, -0.25) is 4.98 Å². The van der Waals surface area contributed by atoms with E-state index >= 15 is 0 Å². The first-order valence-electron chi connectivity index (χ1n) is 20.2. The van der Waals surface area contributed by atoms with E-state index in [1.165, 1.54) is 33.0 Å². The molecule has 0 aliphatic carbocycles. The van der Waals surface area contributed by atoms with Crippen LogP contribution in [0.1, 0.15) is 61.8 Å². The average molecular weight is 967 g/mol. The predicted molar refractivity (Wildman–Crippen MR) is 245 cm³/mol. The van der Waals surface area contributed by atoms with E-state index in [4.69, 9.17) is 14.4 Å². The van der Waals surface area contributed by atoms with Crippen molar-refractivity contribution in [1.82, 2.24) is 19.5 Å². The molecule has 9 rings (SSSR count). The number of nitrogens with zero attached hydrogens (tertiary/aromatic N) is 4. The van der Waals surface area contributed by atoms with Crippen LogP contribution in [0.25, 0.3) is 72.6 Å². The Labute approximate surface area is 363 Å². The fourth-order valence-electron chi connectivity index (χ4n) is 7.96. The maximum absolute atomic E-state index is 6.48. The van der Waals surface area contributed by atoms with E-state index in [0.717, 1.165) is 67.0 Å². The van der Waals surface area contributed by atoms with E-state index < -0.39 is 8.07 Å². The summed E-state index contributed by atoms with van der Waals surface area (Å²) in [5, 5.41) is 3.59. The molecule has 4 aromatic heterocycles. The molecule has 0 aliphatic rings. The van der Waals surface area contributed by atoms with Gasteiger partial charge in [-0.15, -0.1) is 54.1 Å². The van der Waals surface area contributed by atoms with Crippen molar-refractivity contribution in [2.75, 3.05) is 0 Å². The maximum Gasteiger partial charge on any atom is 0.155 e. The molecule has 0 saturated carbocycles. The van der Waals surface area contributed by atoms with Gasteiger partial charge >= 0.3 is 0 Å². The van der Waals surface area contributed by atoms with Crippen LogP contribution in [0.15, 0.2) is 132 Å². The van der Waals surface area contributed by atoms with Crippen molar-refractivity contribution < 1.29 is 24.5 Å². The van der Waals surface area contributed by atoms with E-state index in [0.29, 0.717) is 0 Å². The molecule has 4 heterocycles. The quantitative estimate of drug-likeness (QED) is 0.118. The average Bonchev–Trinajstić information content (AvgIpc) is 3.79. The van der Waals surface area contributed by atoms with Gasteiger partial charge in [0, 0.05) is 43.6 Å². The minimum atomic E-state index is -1.27. The van der Waals surface area contributed by atoms with Crippen LogP contribution in [0.3, 0.4) is 0 Å². The molecule has 0 fully saturated rings. The molecule has 7 heteroatoms. The number of pyridine rings is 2. The van der Waals surface area contributed by atoms with Crippen LogP contribution in [0, 0.1) is 26.0 Å². The Morgan fingerprint density at radius 1 is 0.678 bits per heavy atom. The van der Waals surface area contributed by atoms with E-state index in [1.54, 1.807) is 0 Å². The number of benzene rings is 5. The second kappa shape index (κ2) is 17.0. The molecule has 0 aliphatic heterocycles. The Bertz CT molecular complexity index is 2880. The molecule has 0 atom stereocenters. The summed E-state index contributed by atoms with van der Waals surface area (Å²) in [6.07, 6.45) is 3.98. The van der Waals surface area contributed by atoms with Gasteiger partial charge in [-0.25, -0.2) is 4.98 Å². The van der Waals surface area contributed by atoms with Crippen molar-refractivity contribution in [2.24, 2.45) is 0 Å². The molecule has 0 amide bonds. The van der Waals surface area contributed by atoms with Gasteiger partial charge < -0.3 is 14.0 Å². The van der Waals surface area contributed by atoms with Crippen LogP contribution in [0.5, 0.6) is 0 Å². The van der Waals surface area contributed by atoms with Crippen LogP contribution in [-0.2, 0) is 20.1 Å². The van der Waals surface area contributed by atoms with E-state index in [9.17, 15) is 0 Å². The first-order valence-corrected chi connectivity index (χ1v) is 23.7. The first kappa shape index (κ1) is 41.7. The topological polar surface area (TPSA) is 56.7 Å². The van der Waals surface area contributed by atoms with Gasteiger partial charge in [0.2, 0.25) is 0 Å². The summed E-state index contributed by atoms with van der Waals surface area (Å²) in [5.41, 5.74) is 14.8. The van der Waals surface area contributed by atoms with E-state index in [1.807, 2.05) is 48.7 Å². The molecule has 0 bridgehead atoms. The minimum absolute atomic E-state index is 0. The smallest absolute Gasteiger partial charge is 0.155 e. The number of rotatable bonds is 7. The summed E-state index contributed by atoms with van der Waals surface area (Å²) in [5.74, 6) is 1.33. The molecular weight excluding hydrogens is 917 g/mol. The van der Waals surface area contributed by atoms with Crippen LogP contribution in [0.2, 0.25) is 19.6 Å². The third kappa shape index (κ3) is 8.25. The molecule has 0 saturated heterocycles. The van der Waals surface area contributed by atoms with Gasteiger partial charge in [-0.05, 0) is 88.6 Å². The van der Waals surface area contributed by atoms with Gasteiger partial charge in [0.05, 0.1) is 25.0 Å². The zero-order chi connectivity index (χ0) is 40.7. The summed E-state index contributed by atoms with van der Waals surface area (Å²) in [4.78, 5) is 14.8. The SMILES string of the molecule is Cc1cc(-c2[c-]cccc2)ncc1[Si](C)(C)C.Cc1cnc2c(c1)nc(-c1[c-]ccc3c1oc1ccccc13)n2-c1c(C(C)C)cc(-c2ccccc2)cc1C(C)C.[Ir]. The summed E-state index contributed by atoms with van der Waals surface area (Å²) >= 11 is 0. The minimum Gasteiger partial charge on any atom is -0.501 e. The Morgan fingerprint density at radius 2 is 1.37 bits per heavy atom. The molecular formula is C52H50IrN4OSi-2. The van der Waals surface area contributed by atoms with Crippen molar-refractivity contribution in [2.45, 2.75) is 73.0 Å². The fourth-order valence-corrected chi connectivity index (χ4v) is 9.67. The predicted octanol–water partition coefficient (Wildman–Crippen LogP) is 13.4. The molecule has 5 aromatic carbocycles.